The van der Waals surface area contributed by atoms with Gasteiger partial charge in [0.05, 0.1) is 12.1 Å². The minimum absolute atomic E-state index is 0.0616. The lowest BCUT2D eigenvalue weighted by atomic mass is 10.1. The van der Waals surface area contributed by atoms with Crippen molar-refractivity contribution < 1.29 is 4.79 Å². The van der Waals surface area contributed by atoms with Gasteiger partial charge in [-0.15, -0.1) is 21.5 Å². The fourth-order valence-corrected chi connectivity index (χ4v) is 4.71. The van der Waals surface area contributed by atoms with E-state index in [9.17, 15) is 4.79 Å². The van der Waals surface area contributed by atoms with Crippen LogP contribution in [-0.2, 0) is 24.0 Å². The van der Waals surface area contributed by atoms with E-state index >= 15 is 0 Å². The van der Waals surface area contributed by atoms with Gasteiger partial charge in [0.1, 0.15) is 5.01 Å². The molecule has 8 heteroatoms. The predicted molar refractivity (Wildman–Crippen MR) is 126 cm³/mol. The van der Waals surface area contributed by atoms with Gasteiger partial charge in [-0.05, 0) is 26.0 Å². The molecule has 1 amide bonds. The van der Waals surface area contributed by atoms with Crippen molar-refractivity contribution in [2.75, 3.05) is 5.32 Å². The number of thioether (sulfide) groups is 1. The summed E-state index contributed by atoms with van der Waals surface area (Å²) in [5.74, 6) is 1.46. The van der Waals surface area contributed by atoms with Crippen LogP contribution in [0, 0.1) is 13.8 Å². The fraction of sp³-hybridized carbons (Fsp3) is 0.217. The van der Waals surface area contributed by atoms with Crippen molar-refractivity contribution in [2.45, 2.75) is 31.2 Å². The van der Waals surface area contributed by atoms with Crippen molar-refractivity contribution in [2.24, 2.45) is 7.05 Å². The van der Waals surface area contributed by atoms with Crippen LogP contribution in [0.25, 0.3) is 11.4 Å². The molecular formula is C23H23N5OS2. The van der Waals surface area contributed by atoms with Crippen molar-refractivity contribution in [1.29, 1.82) is 0 Å². The third-order valence-corrected chi connectivity index (χ3v) is 6.69. The molecule has 6 nitrogen and oxygen atoms in total. The molecule has 158 valence electrons. The number of thiazole rings is 1. The Morgan fingerprint density at radius 3 is 2.42 bits per heavy atom. The summed E-state index contributed by atoms with van der Waals surface area (Å²) in [4.78, 5) is 16.9. The Kier molecular flexibility index (Phi) is 6.48. The largest absolute Gasteiger partial charge is 0.326 e. The SMILES string of the molecule is Cc1ccc(NC(=O)Cc2nc(CSc3nnc(-c4ccc(C)cc4)n3C)cs2)cc1. The Morgan fingerprint density at radius 1 is 1.03 bits per heavy atom. The second-order valence-electron chi connectivity index (χ2n) is 7.34. The monoisotopic (exact) mass is 449 g/mol. The fourth-order valence-electron chi connectivity index (χ4n) is 3.01. The van der Waals surface area contributed by atoms with E-state index in [1.807, 2.05) is 48.2 Å². The Hall–Kier alpha value is -2.97. The van der Waals surface area contributed by atoms with Gasteiger partial charge in [-0.2, -0.15) is 0 Å². The molecule has 0 aliphatic rings. The number of aryl methyl sites for hydroxylation is 2. The molecule has 0 saturated carbocycles. The average molecular weight is 450 g/mol. The summed E-state index contributed by atoms with van der Waals surface area (Å²) in [6.45, 7) is 4.08. The van der Waals surface area contributed by atoms with Crippen LogP contribution in [0.2, 0.25) is 0 Å². The predicted octanol–water partition coefficient (Wildman–Crippen LogP) is 5.03. The minimum atomic E-state index is -0.0616. The number of hydrogen-bond donors (Lipinski definition) is 1. The number of anilines is 1. The molecule has 0 atom stereocenters. The van der Waals surface area contributed by atoms with Gasteiger partial charge in [0.15, 0.2) is 11.0 Å². The van der Waals surface area contributed by atoms with Crippen molar-refractivity contribution >= 4 is 34.7 Å². The van der Waals surface area contributed by atoms with Crippen molar-refractivity contribution in [1.82, 2.24) is 19.7 Å². The van der Waals surface area contributed by atoms with Gasteiger partial charge in [0, 0.05) is 29.4 Å². The quantitative estimate of drug-likeness (QED) is 0.401. The zero-order valence-electron chi connectivity index (χ0n) is 17.6. The number of benzene rings is 2. The summed E-state index contributed by atoms with van der Waals surface area (Å²) >= 11 is 3.09. The molecule has 2 aromatic carbocycles. The summed E-state index contributed by atoms with van der Waals surface area (Å²) < 4.78 is 2.00. The lowest BCUT2D eigenvalue weighted by Gasteiger charge is -2.04. The topological polar surface area (TPSA) is 72.7 Å². The van der Waals surface area contributed by atoms with Gasteiger partial charge in [-0.3, -0.25) is 4.79 Å². The van der Waals surface area contributed by atoms with Gasteiger partial charge in [0.25, 0.3) is 0 Å². The molecule has 2 heterocycles. The first kappa shape index (κ1) is 21.3. The number of nitrogens with one attached hydrogen (secondary N) is 1. The highest BCUT2D eigenvalue weighted by molar-refractivity contribution is 7.98. The lowest BCUT2D eigenvalue weighted by Crippen LogP contribution is -2.14. The number of rotatable bonds is 7. The van der Waals surface area contributed by atoms with E-state index in [2.05, 4.69) is 51.7 Å². The van der Waals surface area contributed by atoms with Crippen LogP contribution in [0.4, 0.5) is 5.69 Å². The molecule has 0 radical (unpaired) electrons. The molecule has 4 aromatic rings. The number of nitrogens with zero attached hydrogens (tertiary/aromatic N) is 4. The van der Waals surface area contributed by atoms with E-state index in [4.69, 9.17) is 0 Å². The summed E-state index contributed by atoms with van der Waals surface area (Å²) in [6.07, 6.45) is 0.269. The van der Waals surface area contributed by atoms with Crippen molar-refractivity contribution in [3.63, 3.8) is 0 Å². The van der Waals surface area contributed by atoms with Crippen LogP contribution in [0.3, 0.4) is 0 Å². The summed E-state index contributed by atoms with van der Waals surface area (Å²) in [5.41, 5.74) is 5.16. The standard InChI is InChI=1S/C23H23N5OS2/c1-15-4-8-17(9-5-15)22-26-27-23(28(22)3)31-14-19-13-30-21(25-19)12-20(29)24-18-10-6-16(2)7-11-18/h4-11,13H,12,14H2,1-3H3,(H,24,29). The Bertz CT molecular complexity index is 1180. The van der Waals surface area contributed by atoms with Gasteiger partial charge in [0.2, 0.25) is 5.91 Å². The zero-order valence-corrected chi connectivity index (χ0v) is 19.3. The molecule has 4 rings (SSSR count). The number of carbonyl (C=O) groups excluding carboxylic acids is 1. The van der Waals surface area contributed by atoms with Crippen LogP contribution in [0.1, 0.15) is 21.8 Å². The van der Waals surface area contributed by atoms with Crippen LogP contribution in [0.15, 0.2) is 59.1 Å². The molecule has 0 bridgehead atoms. The maximum absolute atomic E-state index is 12.3. The maximum Gasteiger partial charge on any atom is 0.231 e. The molecule has 0 aliphatic heterocycles. The van der Waals surface area contributed by atoms with Crippen molar-refractivity contribution in [3.8, 4) is 11.4 Å². The Labute approximate surface area is 189 Å². The van der Waals surface area contributed by atoms with E-state index in [-0.39, 0.29) is 12.3 Å². The number of carbonyl (C=O) groups is 1. The smallest absolute Gasteiger partial charge is 0.231 e. The third kappa shape index (κ3) is 5.39. The molecule has 0 unspecified atom stereocenters. The Balaban J connectivity index is 1.33. The van der Waals surface area contributed by atoms with Crippen LogP contribution < -0.4 is 5.32 Å². The molecular weight excluding hydrogens is 426 g/mol. The van der Waals surface area contributed by atoms with E-state index in [1.54, 1.807) is 11.8 Å². The normalized spacial score (nSPS) is 10.9. The van der Waals surface area contributed by atoms with Gasteiger partial charge >= 0.3 is 0 Å². The highest BCUT2D eigenvalue weighted by Gasteiger charge is 2.13. The first-order valence-electron chi connectivity index (χ1n) is 9.87. The van der Waals surface area contributed by atoms with Gasteiger partial charge in [-0.1, -0.05) is 59.3 Å². The average Bonchev–Trinajstić information content (AvgIpc) is 3.35. The van der Waals surface area contributed by atoms with Crippen molar-refractivity contribution in [3.05, 3.63) is 75.7 Å². The maximum atomic E-state index is 12.3. The van der Waals surface area contributed by atoms with E-state index in [1.165, 1.54) is 16.9 Å². The van der Waals surface area contributed by atoms with Gasteiger partial charge in [-0.25, -0.2) is 4.98 Å². The highest BCUT2D eigenvalue weighted by Crippen LogP contribution is 2.26. The number of amides is 1. The molecule has 0 saturated heterocycles. The highest BCUT2D eigenvalue weighted by atomic mass is 32.2. The minimum Gasteiger partial charge on any atom is -0.326 e. The number of aromatic nitrogens is 4. The lowest BCUT2D eigenvalue weighted by molar-refractivity contribution is -0.115. The third-order valence-electron chi connectivity index (χ3n) is 4.74. The second kappa shape index (κ2) is 9.45. The molecule has 0 fully saturated rings. The first-order chi connectivity index (χ1) is 15.0. The van der Waals surface area contributed by atoms with E-state index < -0.39 is 0 Å². The van der Waals surface area contributed by atoms with Gasteiger partial charge < -0.3 is 9.88 Å². The number of hydrogen-bond acceptors (Lipinski definition) is 6. The van der Waals surface area contributed by atoms with E-state index in [0.29, 0.717) is 5.75 Å². The Morgan fingerprint density at radius 2 is 1.71 bits per heavy atom. The van der Waals surface area contributed by atoms with E-state index in [0.717, 1.165) is 38.5 Å². The van der Waals surface area contributed by atoms with Crippen LogP contribution >= 0.6 is 23.1 Å². The summed E-state index contributed by atoms with van der Waals surface area (Å²) in [6, 6.07) is 16.0. The summed E-state index contributed by atoms with van der Waals surface area (Å²) in [5, 5.41) is 15.2. The molecule has 0 aliphatic carbocycles. The molecule has 31 heavy (non-hydrogen) atoms. The molecule has 2 aromatic heterocycles. The zero-order chi connectivity index (χ0) is 21.8. The first-order valence-corrected chi connectivity index (χ1v) is 11.7. The van der Waals surface area contributed by atoms with Crippen LogP contribution in [-0.4, -0.2) is 25.7 Å². The summed E-state index contributed by atoms with van der Waals surface area (Å²) in [7, 11) is 1.97. The second-order valence-corrected chi connectivity index (χ2v) is 9.23. The molecule has 1 N–H and O–H groups in total. The van der Waals surface area contributed by atoms with Crippen LogP contribution in [0.5, 0.6) is 0 Å². The molecule has 0 spiro atoms.